The minimum Gasteiger partial charge on any atom is -0.497 e. The van der Waals surface area contributed by atoms with Crippen LogP contribution < -0.4 is 20.2 Å². The highest BCUT2D eigenvalue weighted by Gasteiger charge is 2.07. The normalized spacial score (nSPS) is 10.6. The lowest BCUT2D eigenvalue weighted by molar-refractivity contribution is -0.124. The van der Waals surface area contributed by atoms with Gasteiger partial charge in [0, 0.05) is 28.6 Å². The molecule has 3 rings (SSSR count). The molecule has 3 aromatic carbocycles. The molecule has 0 saturated heterocycles. The van der Waals surface area contributed by atoms with Crippen LogP contribution in [0.1, 0.15) is 24.0 Å². The third kappa shape index (κ3) is 8.08. The highest BCUT2D eigenvalue weighted by molar-refractivity contribution is 9.10. The fourth-order valence-corrected chi connectivity index (χ4v) is 3.31. The van der Waals surface area contributed by atoms with Crippen molar-refractivity contribution >= 4 is 39.6 Å². The second kappa shape index (κ2) is 12.4. The molecule has 2 N–H and O–H groups in total. The van der Waals surface area contributed by atoms with E-state index >= 15 is 0 Å². The molecule has 0 saturated carbocycles. The molecule has 0 spiro atoms. The van der Waals surface area contributed by atoms with Crippen LogP contribution in [0.2, 0.25) is 0 Å². The molecule has 170 valence electrons. The van der Waals surface area contributed by atoms with Crippen LogP contribution in [-0.2, 0) is 16.2 Å². The van der Waals surface area contributed by atoms with Crippen LogP contribution in [0.5, 0.6) is 11.5 Å². The lowest BCUT2D eigenvalue weighted by Gasteiger charge is -2.09. The predicted octanol–water partition coefficient (Wildman–Crippen LogP) is 4.91. The molecule has 0 aliphatic rings. The predicted molar refractivity (Wildman–Crippen MR) is 132 cm³/mol. The molecule has 0 radical (unpaired) electrons. The molecule has 0 aromatic heterocycles. The minimum atomic E-state index is -0.358. The number of rotatable bonds is 10. The van der Waals surface area contributed by atoms with Gasteiger partial charge in [0.05, 0.1) is 13.3 Å². The van der Waals surface area contributed by atoms with Gasteiger partial charge in [-0.25, -0.2) is 5.43 Å². The lowest BCUT2D eigenvalue weighted by atomic mass is 10.2. The van der Waals surface area contributed by atoms with E-state index in [4.69, 9.17) is 9.47 Å². The molecule has 0 heterocycles. The van der Waals surface area contributed by atoms with Crippen LogP contribution in [0.25, 0.3) is 0 Å². The zero-order valence-electron chi connectivity index (χ0n) is 18.1. The Hall–Kier alpha value is -3.65. The summed E-state index contributed by atoms with van der Waals surface area (Å²) in [5.41, 5.74) is 4.84. The topological polar surface area (TPSA) is 89.0 Å². The number of benzene rings is 3. The van der Waals surface area contributed by atoms with E-state index in [9.17, 15) is 9.59 Å². The fraction of sp³-hybridized carbons (Fsp3) is 0.160. The Bertz CT molecular complexity index is 1120. The first-order valence-corrected chi connectivity index (χ1v) is 11.0. The van der Waals surface area contributed by atoms with Crippen molar-refractivity contribution in [3.8, 4) is 11.5 Å². The summed E-state index contributed by atoms with van der Waals surface area (Å²) >= 11 is 3.45. The summed E-state index contributed by atoms with van der Waals surface area (Å²) in [6, 6.07) is 22.2. The summed E-state index contributed by atoms with van der Waals surface area (Å²) in [5, 5.41) is 6.73. The standard InChI is InChI=1S/C25H24BrN3O4/c1-32-22-11-9-21(10-12-22)28-24(30)13-14-25(31)29-27-16-19-6-2-3-8-23(19)33-17-18-5-4-7-20(26)15-18/h2-12,15-16H,13-14,17H2,1H3,(H,28,30)(H,29,31)/b27-16+. The highest BCUT2D eigenvalue weighted by Crippen LogP contribution is 2.19. The highest BCUT2D eigenvalue weighted by atomic mass is 79.9. The monoisotopic (exact) mass is 509 g/mol. The first kappa shape index (κ1) is 24.0. The molecule has 8 heteroatoms. The van der Waals surface area contributed by atoms with Crippen LogP contribution in [0, 0.1) is 0 Å². The summed E-state index contributed by atoms with van der Waals surface area (Å²) in [4.78, 5) is 24.1. The maximum absolute atomic E-state index is 12.0. The van der Waals surface area contributed by atoms with Crippen LogP contribution >= 0.6 is 15.9 Å². The summed E-state index contributed by atoms with van der Waals surface area (Å²) in [7, 11) is 1.57. The quantitative estimate of drug-likeness (QED) is 0.300. The molecule has 33 heavy (non-hydrogen) atoms. The van der Waals surface area contributed by atoms with Gasteiger partial charge in [0.25, 0.3) is 0 Å². The van der Waals surface area contributed by atoms with Crippen LogP contribution in [0.15, 0.2) is 82.4 Å². The van der Waals surface area contributed by atoms with Crippen molar-refractivity contribution in [3.63, 3.8) is 0 Å². The molecule has 0 fully saturated rings. The zero-order chi connectivity index (χ0) is 23.5. The van der Waals surface area contributed by atoms with Crippen molar-refractivity contribution in [1.82, 2.24) is 5.43 Å². The second-order valence-electron chi connectivity index (χ2n) is 7.03. The minimum absolute atomic E-state index is 0.0142. The average Bonchev–Trinajstić information content (AvgIpc) is 2.83. The number of hydrogen-bond donors (Lipinski definition) is 2. The Morgan fingerprint density at radius 3 is 2.48 bits per heavy atom. The Morgan fingerprint density at radius 2 is 1.73 bits per heavy atom. The van der Waals surface area contributed by atoms with Gasteiger partial charge in [0.15, 0.2) is 0 Å². The lowest BCUT2D eigenvalue weighted by Crippen LogP contribution is -2.20. The molecule has 7 nitrogen and oxygen atoms in total. The molecule has 0 unspecified atom stereocenters. The van der Waals surface area contributed by atoms with Gasteiger partial charge >= 0.3 is 0 Å². The molecule has 2 amide bonds. The Kier molecular flexibility index (Phi) is 9.02. The van der Waals surface area contributed by atoms with E-state index in [2.05, 4.69) is 31.8 Å². The number of hydrogen-bond acceptors (Lipinski definition) is 5. The number of ether oxygens (including phenoxy) is 2. The molecule has 0 aliphatic carbocycles. The van der Waals surface area contributed by atoms with Crippen molar-refractivity contribution in [2.45, 2.75) is 19.4 Å². The third-order valence-corrected chi connectivity index (χ3v) is 5.04. The largest absolute Gasteiger partial charge is 0.497 e. The summed E-state index contributed by atoms with van der Waals surface area (Å²) in [6.45, 7) is 0.403. The van der Waals surface area contributed by atoms with Gasteiger partial charge in [-0.1, -0.05) is 40.2 Å². The van der Waals surface area contributed by atoms with Gasteiger partial charge < -0.3 is 14.8 Å². The fourth-order valence-electron chi connectivity index (χ4n) is 2.86. The Labute approximate surface area is 200 Å². The van der Waals surface area contributed by atoms with Crippen LogP contribution in [0.4, 0.5) is 5.69 Å². The maximum Gasteiger partial charge on any atom is 0.240 e. The van der Waals surface area contributed by atoms with E-state index in [1.807, 2.05) is 48.5 Å². The number of hydrazone groups is 1. The smallest absolute Gasteiger partial charge is 0.240 e. The molecular weight excluding hydrogens is 486 g/mol. The van der Waals surface area contributed by atoms with Crippen molar-refractivity contribution < 1.29 is 19.1 Å². The molecule has 0 bridgehead atoms. The van der Waals surface area contributed by atoms with E-state index in [1.165, 1.54) is 6.21 Å². The number of nitrogens with zero attached hydrogens (tertiary/aromatic N) is 1. The van der Waals surface area contributed by atoms with Crippen molar-refractivity contribution in [1.29, 1.82) is 0 Å². The van der Waals surface area contributed by atoms with Crippen molar-refractivity contribution in [2.24, 2.45) is 5.10 Å². The van der Waals surface area contributed by atoms with E-state index in [-0.39, 0.29) is 24.7 Å². The number of methoxy groups -OCH3 is 1. The SMILES string of the molecule is COc1ccc(NC(=O)CCC(=O)N/N=C/c2ccccc2OCc2cccc(Br)c2)cc1. The first-order chi connectivity index (χ1) is 16.0. The Morgan fingerprint density at radius 1 is 0.970 bits per heavy atom. The molecule has 3 aromatic rings. The maximum atomic E-state index is 12.0. The van der Waals surface area contributed by atoms with E-state index in [0.717, 1.165) is 15.6 Å². The van der Waals surface area contributed by atoms with E-state index in [1.54, 1.807) is 31.4 Å². The molecular formula is C25H24BrN3O4. The summed E-state index contributed by atoms with van der Waals surface area (Å²) in [5.74, 6) is 0.731. The molecule has 0 aliphatic heterocycles. The summed E-state index contributed by atoms with van der Waals surface area (Å²) < 4.78 is 12.0. The van der Waals surface area contributed by atoms with Crippen LogP contribution in [0.3, 0.4) is 0 Å². The average molecular weight is 510 g/mol. The zero-order valence-corrected chi connectivity index (χ0v) is 19.7. The number of amides is 2. The number of carbonyl (C=O) groups excluding carboxylic acids is 2. The number of halogens is 1. The summed E-state index contributed by atoms with van der Waals surface area (Å²) in [6.07, 6.45) is 1.58. The van der Waals surface area contributed by atoms with Crippen molar-refractivity contribution in [2.75, 3.05) is 12.4 Å². The second-order valence-corrected chi connectivity index (χ2v) is 7.94. The number of carbonyl (C=O) groups is 2. The number of nitrogens with one attached hydrogen (secondary N) is 2. The molecule has 0 atom stereocenters. The van der Waals surface area contributed by atoms with Gasteiger partial charge in [-0.15, -0.1) is 0 Å². The van der Waals surface area contributed by atoms with Gasteiger partial charge in [-0.05, 0) is 54.1 Å². The Balaban J connectivity index is 1.45. The van der Waals surface area contributed by atoms with Crippen molar-refractivity contribution in [3.05, 3.63) is 88.4 Å². The third-order valence-electron chi connectivity index (χ3n) is 4.55. The van der Waals surface area contributed by atoms with Gasteiger partial charge in [0.1, 0.15) is 18.1 Å². The van der Waals surface area contributed by atoms with E-state index in [0.29, 0.717) is 23.8 Å². The number of para-hydroxylation sites is 1. The van der Waals surface area contributed by atoms with E-state index < -0.39 is 0 Å². The first-order valence-electron chi connectivity index (χ1n) is 10.3. The van der Waals surface area contributed by atoms with Gasteiger partial charge in [0.2, 0.25) is 11.8 Å². The van der Waals surface area contributed by atoms with Crippen LogP contribution in [-0.4, -0.2) is 25.1 Å². The van der Waals surface area contributed by atoms with Gasteiger partial charge in [-0.3, -0.25) is 9.59 Å². The van der Waals surface area contributed by atoms with Gasteiger partial charge in [-0.2, -0.15) is 5.10 Å². The number of anilines is 1.